The maximum Gasteiger partial charge on any atom is 0.323 e. The minimum Gasteiger partial charge on any atom is -0.480 e. The summed E-state index contributed by atoms with van der Waals surface area (Å²) in [5, 5.41) is 9.09. The van der Waals surface area contributed by atoms with Crippen LogP contribution in [0.2, 0.25) is 0 Å². The van der Waals surface area contributed by atoms with Gasteiger partial charge < -0.3 is 15.7 Å². The molecule has 3 N–H and O–H groups in total. The summed E-state index contributed by atoms with van der Waals surface area (Å²) in [6, 6.07) is 6.35. The van der Waals surface area contributed by atoms with Gasteiger partial charge in [0.05, 0.1) is 0 Å². The lowest BCUT2D eigenvalue weighted by atomic mass is 9.88. The topological polar surface area (TPSA) is 66.6 Å². The third-order valence-corrected chi connectivity index (χ3v) is 3.94. The van der Waals surface area contributed by atoms with Gasteiger partial charge in [-0.1, -0.05) is 6.07 Å². The Morgan fingerprint density at radius 1 is 1.28 bits per heavy atom. The Morgan fingerprint density at radius 3 is 2.39 bits per heavy atom. The maximum absolute atomic E-state index is 11.1. The Balaban J connectivity index is 2.10. The number of nitrogens with two attached hydrogens (primary N) is 1. The van der Waals surface area contributed by atoms with E-state index in [0.29, 0.717) is 25.9 Å². The van der Waals surface area contributed by atoms with Crippen molar-refractivity contribution in [1.82, 2.24) is 0 Å². The number of anilines is 1. The van der Waals surface area contributed by atoms with Gasteiger partial charge in [-0.25, -0.2) is 0 Å². The Hall–Kier alpha value is -1.55. The molecule has 0 bridgehead atoms. The molecule has 1 aliphatic rings. The standard InChI is InChI=1S/C14H20N2O2/c1-10-3-4-12(9-11(10)2)16-7-5-14(15,6-8-16)13(17)18/h3-4,9H,5-8,15H2,1-2H3,(H,17,18). The molecule has 4 heteroatoms. The van der Waals surface area contributed by atoms with E-state index >= 15 is 0 Å². The van der Waals surface area contributed by atoms with Crippen molar-refractivity contribution in [2.24, 2.45) is 5.73 Å². The first-order chi connectivity index (χ1) is 8.42. The number of rotatable bonds is 2. The van der Waals surface area contributed by atoms with Crippen LogP contribution in [0.1, 0.15) is 24.0 Å². The Morgan fingerprint density at radius 2 is 1.89 bits per heavy atom. The number of carboxylic acids is 1. The highest BCUT2D eigenvalue weighted by molar-refractivity contribution is 5.79. The summed E-state index contributed by atoms with van der Waals surface area (Å²) in [6.07, 6.45) is 0.991. The van der Waals surface area contributed by atoms with Gasteiger partial charge in [0.15, 0.2) is 0 Å². The number of hydrogen-bond donors (Lipinski definition) is 2. The average molecular weight is 248 g/mol. The molecule has 0 atom stereocenters. The average Bonchev–Trinajstić information content (AvgIpc) is 2.34. The van der Waals surface area contributed by atoms with Crippen LogP contribution in [-0.4, -0.2) is 29.7 Å². The number of aliphatic carboxylic acids is 1. The fourth-order valence-electron chi connectivity index (χ4n) is 2.30. The lowest BCUT2D eigenvalue weighted by molar-refractivity contribution is -0.144. The second-order valence-electron chi connectivity index (χ2n) is 5.22. The number of aryl methyl sites for hydroxylation is 2. The van der Waals surface area contributed by atoms with Crippen molar-refractivity contribution >= 4 is 11.7 Å². The summed E-state index contributed by atoms with van der Waals surface area (Å²) in [5.41, 5.74) is 8.51. The van der Waals surface area contributed by atoms with Crippen molar-refractivity contribution in [3.05, 3.63) is 29.3 Å². The van der Waals surface area contributed by atoms with E-state index in [1.807, 2.05) is 0 Å². The van der Waals surface area contributed by atoms with Gasteiger partial charge in [-0.15, -0.1) is 0 Å². The van der Waals surface area contributed by atoms with Crippen LogP contribution in [0.25, 0.3) is 0 Å². The minimum absolute atomic E-state index is 0.495. The highest BCUT2D eigenvalue weighted by atomic mass is 16.4. The zero-order chi connectivity index (χ0) is 13.3. The van der Waals surface area contributed by atoms with E-state index in [1.54, 1.807) is 0 Å². The fraction of sp³-hybridized carbons (Fsp3) is 0.500. The highest BCUT2D eigenvalue weighted by Gasteiger charge is 2.37. The van der Waals surface area contributed by atoms with Crippen LogP contribution in [0.5, 0.6) is 0 Å². The zero-order valence-corrected chi connectivity index (χ0v) is 10.9. The lowest BCUT2D eigenvalue weighted by Crippen LogP contribution is -2.55. The molecular formula is C14H20N2O2. The van der Waals surface area contributed by atoms with Crippen molar-refractivity contribution in [3.63, 3.8) is 0 Å². The Kier molecular flexibility index (Phi) is 3.30. The zero-order valence-electron chi connectivity index (χ0n) is 10.9. The second kappa shape index (κ2) is 4.61. The normalized spacial score (nSPS) is 18.7. The Labute approximate surface area is 107 Å². The van der Waals surface area contributed by atoms with E-state index in [4.69, 9.17) is 10.8 Å². The van der Waals surface area contributed by atoms with Crippen LogP contribution in [0.15, 0.2) is 18.2 Å². The summed E-state index contributed by atoms with van der Waals surface area (Å²) >= 11 is 0. The molecule has 1 heterocycles. The lowest BCUT2D eigenvalue weighted by Gasteiger charge is -2.37. The van der Waals surface area contributed by atoms with Crippen LogP contribution in [-0.2, 0) is 4.79 Å². The molecule has 1 fully saturated rings. The van der Waals surface area contributed by atoms with Crippen molar-refractivity contribution in [3.8, 4) is 0 Å². The summed E-state index contributed by atoms with van der Waals surface area (Å²) in [7, 11) is 0. The molecule has 1 aliphatic heterocycles. The first-order valence-electron chi connectivity index (χ1n) is 6.27. The molecule has 2 rings (SSSR count). The van der Waals surface area contributed by atoms with E-state index < -0.39 is 11.5 Å². The largest absolute Gasteiger partial charge is 0.480 e. The number of carboxylic acid groups (broad SMARTS) is 1. The minimum atomic E-state index is -1.05. The van der Waals surface area contributed by atoms with Gasteiger partial charge in [0.2, 0.25) is 0 Å². The van der Waals surface area contributed by atoms with Crippen molar-refractivity contribution < 1.29 is 9.90 Å². The van der Waals surface area contributed by atoms with E-state index in [1.165, 1.54) is 11.1 Å². The molecule has 1 aromatic carbocycles. The highest BCUT2D eigenvalue weighted by Crippen LogP contribution is 2.26. The van der Waals surface area contributed by atoms with Crippen LogP contribution in [0, 0.1) is 13.8 Å². The summed E-state index contributed by atoms with van der Waals surface area (Å²) in [5.74, 6) is -0.887. The quantitative estimate of drug-likeness (QED) is 0.835. The van der Waals surface area contributed by atoms with Crippen LogP contribution in [0.3, 0.4) is 0 Å². The molecule has 0 aromatic heterocycles. The first-order valence-corrected chi connectivity index (χ1v) is 6.27. The van der Waals surface area contributed by atoms with Gasteiger partial charge in [0.1, 0.15) is 5.54 Å². The molecule has 1 saturated heterocycles. The van der Waals surface area contributed by atoms with Gasteiger partial charge in [-0.05, 0) is 49.9 Å². The van der Waals surface area contributed by atoms with E-state index in [9.17, 15) is 4.79 Å². The molecule has 0 amide bonds. The summed E-state index contributed by atoms with van der Waals surface area (Å²) in [6.45, 7) is 5.58. The number of hydrogen-bond acceptors (Lipinski definition) is 3. The molecule has 4 nitrogen and oxygen atoms in total. The van der Waals surface area contributed by atoms with Gasteiger partial charge in [0, 0.05) is 18.8 Å². The number of carbonyl (C=O) groups is 1. The molecule has 18 heavy (non-hydrogen) atoms. The predicted octanol–water partition coefficient (Wildman–Crippen LogP) is 1.69. The third kappa shape index (κ3) is 2.34. The Bertz CT molecular complexity index is 463. The SMILES string of the molecule is Cc1ccc(N2CCC(N)(C(=O)O)CC2)cc1C. The van der Waals surface area contributed by atoms with Crippen molar-refractivity contribution in [2.45, 2.75) is 32.2 Å². The van der Waals surface area contributed by atoms with Gasteiger partial charge in [-0.3, -0.25) is 4.79 Å². The monoisotopic (exact) mass is 248 g/mol. The van der Waals surface area contributed by atoms with Crippen LogP contribution >= 0.6 is 0 Å². The molecule has 98 valence electrons. The molecule has 0 radical (unpaired) electrons. The van der Waals surface area contributed by atoms with E-state index in [2.05, 4.69) is 36.9 Å². The van der Waals surface area contributed by atoms with Gasteiger partial charge in [-0.2, -0.15) is 0 Å². The number of benzene rings is 1. The van der Waals surface area contributed by atoms with E-state index in [-0.39, 0.29) is 0 Å². The molecule has 0 unspecified atom stereocenters. The third-order valence-electron chi connectivity index (χ3n) is 3.94. The molecule has 0 saturated carbocycles. The smallest absolute Gasteiger partial charge is 0.323 e. The summed E-state index contributed by atoms with van der Waals surface area (Å²) < 4.78 is 0. The van der Waals surface area contributed by atoms with Gasteiger partial charge >= 0.3 is 5.97 Å². The molecule has 0 aliphatic carbocycles. The number of piperidine rings is 1. The van der Waals surface area contributed by atoms with Crippen LogP contribution in [0.4, 0.5) is 5.69 Å². The van der Waals surface area contributed by atoms with E-state index in [0.717, 1.165) is 5.69 Å². The van der Waals surface area contributed by atoms with Crippen molar-refractivity contribution in [2.75, 3.05) is 18.0 Å². The second-order valence-corrected chi connectivity index (χ2v) is 5.22. The predicted molar refractivity (Wildman–Crippen MR) is 71.9 cm³/mol. The first kappa shape index (κ1) is 12.9. The number of nitrogens with zero attached hydrogens (tertiary/aromatic N) is 1. The molecule has 1 aromatic rings. The molecule has 0 spiro atoms. The molecular weight excluding hydrogens is 228 g/mol. The summed E-state index contributed by atoms with van der Waals surface area (Å²) in [4.78, 5) is 13.3. The van der Waals surface area contributed by atoms with Crippen molar-refractivity contribution in [1.29, 1.82) is 0 Å². The maximum atomic E-state index is 11.1. The fourth-order valence-corrected chi connectivity index (χ4v) is 2.30. The van der Waals surface area contributed by atoms with Gasteiger partial charge in [0.25, 0.3) is 0 Å². The van der Waals surface area contributed by atoms with Crippen LogP contribution < -0.4 is 10.6 Å².